The van der Waals surface area contributed by atoms with E-state index in [-0.39, 0.29) is 24.0 Å². The predicted molar refractivity (Wildman–Crippen MR) is 111 cm³/mol. The van der Waals surface area contributed by atoms with E-state index in [1.807, 2.05) is 0 Å². The van der Waals surface area contributed by atoms with Gasteiger partial charge in [0.25, 0.3) is 0 Å². The maximum Gasteiger partial charge on any atom is 0.198 e. The molecular formula is C18H31IN4. The minimum atomic E-state index is 0. The minimum absolute atomic E-state index is 0. The fraction of sp³-hybridized carbons (Fsp3) is 0.611. The highest BCUT2D eigenvalue weighted by Crippen LogP contribution is 2.27. The number of halogens is 1. The van der Waals surface area contributed by atoms with E-state index in [2.05, 4.69) is 67.1 Å². The van der Waals surface area contributed by atoms with E-state index in [1.54, 1.807) is 0 Å². The summed E-state index contributed by atoms with van der Waals surface area (Å²) in [4.78, 5) is 9.63. The first kappa shape index (κ1) is 20.2. The number of hydrogen-bond donors (Lipinski definition) is 1. The van der Waals surface area contributed by atoms with Gasteiger partial charge in [-0.15, -0.1) is 24.0 Å². The lowest BCUT2D eigenvalue weighted by molar-refractivity contribution is 0.240. The predicted octanol–water partition coefficient (Wildman–Crippen LogP) is 3.36. The van der Waals surface area contributed by atoms with Gasteiger partial charge in [0.2, 0.25) is 0 Å². The van der Waals surface area contributed by atoms with Crippen LogP contribution in [0.1, 0.15) is 33.3 Å². The second-order valence-corrected chi connectivity index (χ2v) is 5.99. The second kappa shape index (κ2) is 10.1. The van der Waals surface area contributed by atoms with Crippen molar-refractivity contribution < 1.29 is 0 Å². The van der Waals surface area contributed by atoms with Crippen molar-refractivity contribution in [3.05, 3.63) is 29.8 Å². The summed E-state index contributed by atoms with van der Waals surface area (Å²) in [6.07, 6.45) is 1.10. The number of benzene rings is 1. The Bertz CT molecular complexity index is 502. The Kier molecular flexibility index (Phi) is 8.91. The van der Waals surface area contributed by atoms with Crippen LogP contribution in [0.25, 0.3) is 0 Å². The molecule has 0 aromatic heterocycles. The van der Waals surface area contributed by atoms with Gasteiger partial charge in [0.15, 0.2) is 5.96 Å². The molecule has 0 bridgehead atoms. The van der Waals surface area contributed by atoms with Crippen LogP contribution in [0.4, 0.5) is 5.69 Å². The summed E-state index contributed by atoms with van der Waals surface area (Å²) in [6.45, 7) is 13.7. The highest BCUT2D eigenvalue weighted by molar-refractivity contribution is 14.0. The average molecular weight is 430 g/mol. The lowest BCUT2D eigenvalue weighted by Crippen LogP contribution is -2.41. The Morgan fingerprint density at radius 2 is 2.04 bits per heavy atom. The summed E-state index contributed by atoms with van der Waals surface area (Å²) in [7, 11) is 0. The summed E-state index contributed by atoms with van der Waals surface area (Å²) in [5.74, 6) is 1.02. The Balaban J connectivity index is 0.00000264. The van der Waals surface area contributed by atoms with Gasteiger partial charge in [-0.3, -0.25) is 9.89 Å². The molecule has 23 heavy (non-hydrogen) atoms. The van der Waals surface area contributed by atoms with Gasteiger partial charge >= 0.3 is 0 Å². The molecule has 0 saturated carbocycles. The van der Waals surface area contributed by atoms with E-state index >= 15 is 0 Å². The number of guanidine groups is 1. The molecule has 1 aromatic rings. The molecule has 1 N–H and O–H groups in total. The molecule has 1 aromatic carbocycles. The Hall–Kier alpha value is -0.820. The van der Waals surface area contributed by atoms with Crippen molar-refractivity contribution in [2.45, 2.75) is 40.2 Å². The number of rotatable bonds is 6. The standard InChI is InChI=1S/C18H30N4.HI/c1-5-19-18(20-12-14-21(6-2)15(3)4)22-13-11-16-9-7-8-10-17(16)22;/h7-10,15H,5-6,11-14H2,1-4H3,(H,19,20);1H. The van der Waals surface area contributed by atoms with Gasteiger partial charge in [-0.05, 0) is 45.4 Å². The maximum atomic E-state index is 4.85. The van der Waals surface area contributed by atoms with Crippen LogP contribution in [0.2, 0.25) is 0 Å². The molecule has 1 aliphatic heterocycles. The Morgan fingerprint density at radius 3 is 2.70 bits per heavy atom. The summed E-state index contributed by atoms with van der Waals surface area (Å²) in [5, 5.41) is 3.44. The fourth-order valence-corrected chi connectivity index (χ4v) is 3.02. The highest BCUT2D eigenvalue weighted by atomic mass is 127. The van der Waals surface area contributed by atoms with E-state index in [9.17, 15) is 0 Å². The van der Waals surface area contributed by atoms with Crippen LogP contribution in [-0.2, 0) is 6.42 Å². The fourth-order valence-electron chi connectivity index (χ4n) is 3.02. The lowest BCUT2D eigenvalue weighted by Gasteiger charge is -2.25. The first-order valence-electron chi connectivity index (χ1n) is 8.55. The van der Waals surface area contributed by atoms with E-state index in [0.29, 0.717) is 6.04 Å². The third-order valence-corrected chi connectivity index (χ3v) is 4.26. The van der Waals surface area contributed by atoms with Gasteiger partial charge in [-0.2, -0.15) is 0 Å². The third kappa shape index (κ3) is 5.35. The molecule has 1 aliphatic rings. The largest absolute Gasteiger partial charge is 0.356 e. The highest BCUT2D eigenvalue weighted by Gasteiger charge is 2.22. The zero-order chi connectivity index (χ0) is 15.9. The van der Waals surface area contributed by atoms with Gasteiger partial charge in [-0.1, -0.05) is 25.1 Å². The first-order chi connectivity index (χ1) is 10.7. The molecule has 0 radical (unpaired) electrons. The lowest BCUT2D eigenvalue weighted by atomic mass is 10.2. The summed E-state index contributed by atoms with van der Waals surface area (Å²) in [6, 6.07) is 9.22. The molecule has 2 rings (SSSR count). The van der Waals surface area contributed by atoms with Crippen LogP contribution in [-0.4, -0.2) is 49.6 Å². The number of fused-ring (bicyclic) bond motifs is 1. The summed E-state index contributed by atoms with van der Waals surface area (Å²) < 4.78 is 0. The summed E-state index contributed by atoms with van der Waals surface area (Å²) >= 11 is 0. The molecule has 1 heterocycles. The monoisotopic (exact) mass is 430 g/mol. The number of aliphatic imine (C=N–C) groups is 1. The molecule has 5 heteroatoms. The zero-order valence-electron chi connectivity index (χ0n) is 14.9. The number of hydrogen-bond acceptors (Lipinski definition) is 2. The van der Waals surface area contributed by atoms with Gasteiger partial charge in [0, 0.05) is 31.4 Å². The molecule has 0 unspecified atom stereocenters. The van der Waals surface area contributed by atoms with E-state index in [0.717, 1.165) is 45.1 Å². The van der Waals surface area contributed by atoms with Gasteiger partial charge in [0.1, 0.15) is 0 Å². The van der Waals surface area contributed by atoms with Crippen molar-refractivity contribution in [3.8, 4) is 0 Å². The molecule has 0 spiro atoms. The SMILES string of the molecule is CCNC(=NCCN(CC)C(C)C)N1CCc2ccccc21.I. The second-order valence-electron chi connectivity index (χ2n) is 5.99. The van der Waals surface area contributed by atoms with E-state index in [4.69, 9.17) is 4.99 Å². The van der Waals surface area contributed by atoms with Crippen molar-refractivity contribution >= 4 is 35.6 Å². The van der Waals surface area contributed by atoms with Crippen LogP contribution in [0, 0.1) is 0 Å². The van der Waals surface area contributed by atoms with Crippen LogP contribution in [0.15, 0.2) is 29.3 Å². The van der Waals surface area contributed by atoms with Gasteiger partial charge in [-0.25, -0.2) is 0 Å². The number of nitrogens with zero attached hydrogens (tertiary/aromatic N) is 3. The van der Waals surface area contributed by atoms with E-state index < -0.39 is 0 Å². The number of para-hydroxylation sites is 1. The molecule has 0 amide bonds. The summed E-state index contributed by atoms with van der Waals surface area (Å²) in [5.41, 5.74) is 2.73. The van der Waals surface area contributed by atoms with Crippen LogP contribution in [0.5, 0.6) is 0 Å². The van der Waals surface area contributed by atoms with Crippen molar-refractivity contribution in [1.29, 1.82) is 0 Å². The first-order valence-corrected chi connectivity index (χ1v) is 8.55. The van der Waals surface area contributed by atoms with Crippen molar-refractivity contribution in [2.24, 2.45) is 4.99 Å². The van der Waals surface area contributed by atoms with E-state index in [1.165, 1.54) is 11.3 Å². The molecule has 130 valence electrons. The molecule has 0 aliphatic carbocycles. The quantitative estimate of drug-likeness (QED) is 0.427. The van der Waals surface area contributed by atoms with Crippen LogP contribution < -0.4 is 10.2 Å². The number of likely N-dealkylation sites (N-methyl/N-ethyl adjacent to an activating group) is 1. The van der Waals surface area contributed by atoms with Crippen LogP contribution >= 0.6 is 24.0 Å². The maximum absolute atomic E-state index is 4.85. The van der Waals surface area contributed by atoms with Crippen molar-refractivity contribution in [2.75, 3.05) is 37.6 Å². The number of nitrogens with one attached hydrogen (secondary N) is 1. The molecule has 4 nitrogen and oxygen atoms in total. The van der Waals surface area contributed by atoms with Crippen LogP contribution in [0.3, 0.4) is 0 Å². The Morgan fingerprint density at radius 1 is 1.30 bits per heavy atom. The Labute approximate surface area is 158 Å². The number of anilines is 1. The molecule has 0 saturated heterocycles. The minimum Gasteiger partial charge on any atom is -0.356 e. The molecular weight excluding hydrogens is 399 g/mol. The average Bonchev–Trinajstić information content (AvgIpc) is 2.94. The van der Waals surface area contributed by atoms with Gasteiger partial charge in [0.05, 0.1) is 6.54 Å². The van der Waals surface area contributed by atoms with Crippen molar-refractivity contribution in [1.82, 2.24) is 10.2 Å². The van der Waals surface area contributed by atoms with Gasteiger partial charge < -0.3 is 10.2 Å². The smallest absolute Gasteiger partial charge is 0.198 e. The molecule has 0 atom stereocenters. The molecule has 0 fully saturated rings. The van der Waals surface area contributed by atoms with Crippen molar-refractivity contribution in [3.63, 3.8) is 0 Å². The topological polar surface area (TPSA) is 30.9 Å². The third-order valence-electron chi connectivity index (χ3n) is 4.26. The zero-order valence-corrected chi connectivity index (χ0v) is 17.2. The normalized spacial score (nSPS) is 14.2.